The SMILES string of the molecule is COc1ccc(-c2nc3ccccc3s2)cc1NC(=O)c1ccc(Br)cc1. The number of carbonyl (C=O) groups is 1. The highest BCUT2D eigenvalue weighted by atomic mass is 79.9. The van der Waals surface area contributed by atoms with E-state index >= 15 is 0 Å². The van der Waals surface area contributed by atoms with E-state index in [9.17, 15) is 4.79 Å². The molecule has 3 aromatic carbocycles. The van der Waals surface area contributed by atoms with E-state index in [1.165, 1.54) is 0 Å². The number of carbonyl (C=O) groups excluding carboxylic acids is 1. The van der Waals surface area contributed by atoms with Crippen molar-refractivity contribution in [3.8, 4) is 16.3 Å². The Morgan fingerprint density at radius 2 is 1.85 bits per heavy atom. The van der Waals surface area contributed by atoms with Gasteiger partial charge in [0.1, 0.15) is 10.8 Å². The fourth-order valence-corrected chi connectivity index (χ4v) is 3.96. The second-order valence-electron chi connectivity index (χ2n) is 5.86. The number of anilines is 1. The summed E-state index contributed by atoms with van der Waals surface area (Å²) >= 11 is 5.00. The number of fused-ring (bicyclic) bond motifs is 1. The minimum Gasteiger partial charge on any atom is -0.495 e. The molecule has 4 rings (SSSR count). The molecular formula is C21H15BrN2O2S. The minimum atomic E-state index is -0.192. The van der Waals surface area contributed by atoms with Gasteiger partial charge in [-0.05, 0) is 54.6 Å². The Labute approximate surface area is 169 Å². The van der Waals surface area contributed by atoms with E-state index in [1.807, 2.05) is 48.5 Å². The molecule has 0 saturated heterocycles. The van der Waals surface area contributed by atoms with Gasteiger partial charge in [0.15, 0.2) is 0 Å². The van der Waals surface area contributed by atoms with Crippen LogP contribution in [0.15, 0.2) is 71.2 Å². The summed E-state index contributed by atoms with van der Waals surface area (Å²) in [6, 6.07) is 20.9. The highest BCUT2D eigenvalue weighted by Gasteiger charge is 2.13. The number of hydrogen-bond acceptors (Lipinski definition) is 4. The summed E-state index contributed by atoms with van der Waals surface area (Å²) in [6.07, 6.45) is 0. The van der Waals surface area contributed by atoms with Gasteiger partial charge in [-0.1, -0.05) is 28.1 Å². The van der Waals surface area contributed by atoms with Crippen molar-refractivity contribution in [1.29, 1.82) is 0 Å². The molecular weight excluding hydrogens is 424 g/mol. The van der Waals surface area contributed by atoms with E-state index in [0.29, 0.717) is 17.0 Å². The monoisotopic (exact) mass is 438 g/mol. The molecule has 1 amide bonds. The van der Waals surface area contributed by atoms with Crippen molar-refractivity contribution in [3.05, 3.63) is 76.8 Å². The van der Waals surface area contributed by atoms with Crippen LogP contribution in [0.2, 0.25) is 0 Å². The number of ether oxygens (including phenoxy) is 1. The van der Waals surface area contributed by atoms with Crippen LogP contribution in [0.25, 0.3) is 20.8 Å². The Morgan fingerprint density at radius 1 is 1.07 bits per heavy atom. The quantitative estimate of drug-likeness (QED) is 0.425. The maximum absolute atomic E-state index is 12.6. The summed E-state index contributed by atoms with van der Waals surface area (Å²) in [5.74, 6) is 0.410. The molecule has 0 fully saturated rings. The molecule has 0 radical (unpaired) electrons. The first-order valence-electron chi connectivity index (χ1n) is 8.25. The van der Waals surface area contributed by atoms with Crippen LogP contribution in [0.1, 0.15) is 10.4 Å². The van der Waals surface area contributed by atoms with Crippen molar-refractivity contribution in [2.45, 2.75) is 0 Å². The second-order valence-corrected chi connectivity index (χ2v) is 7.81. The van der Waals surface area contributed by atoms with Gasteiger partial charge in [0.25, 0.3) is 5.91 Å². The smallest absolute Gasteiger partial charge is 0.255 e. The Hall–Kier alpha value is -2.70. The molecule has 27 heavy (non-hydrogen) atoms. The minimum absolute atomic E-state index is 0.192. The van der Waals surface area contributed by atoms with Crippen molar-refractivity contribution in [2.75, 3.05) is 12.4 Å². The van der Waals surface area contributed by atoms with Crippen molar-refractivity contribution in [2.24, 2.45) is 0 Å². The van der Waals surface area contributed by atoms with Gasteiger partial charge in [-0.25, -0.2) is 4.98 Å². The molecule has 0 aliphatic rings. The molecule has 6 heteroatoms. The molecule has 4 aromatic rings. The highest BCUT2D eigenvalue weighted by Crippen LogP contribution is 2.35. The summed E-state index contributed by atoms with van der Waals surface area (Å²) in [5.41, 5.74) is 3.09. The largest absolute Gasteiger partial charge is 0.495 e. The number of thiazole rings is 1. The number of amides is 1. The summed E-state index contributed by atoms with van der Waals surface area (Å²) in [4.78, 5) is 17.3. The van der Waals surface area contributed by atoms with Crippen LogP contribution in [-0.2, 0) is 0 Å². The van der Waals surface area contributed by atoms with Gasteiger partial charge >= 0.3 is 0 Å². The molecule has 134 valence electrons. The highest BCUT2D eigenvalue weighted by molar-refractivity contribution is 9.10. The van der Waals surface area contributed by atoms with Crippen LogP contribution in [0.3, 0.4) is 0 Å². The van der Waals surface area contributed by atoms with E-state index in [4.69, 9.17) is 4.74 Å². The predicted octanol–water partition coefficient (Wildman–Crippen LogP) is 5.99. The third-order valence-electron chi connectivity index (χ3n) is 4.09. The van der Waals surface area contributed by atoms with Gasteiger partial charge in [0, 0.05) is 15.6 Å². The summed E-state index contributed by atoms with van der Waals surface area (Å²) in [5, 5.41) is 3.84. The fourth-order valence-electron chi connectivity index (χ4n) is 2.73. The zero-order chi connectivity index (χ0) is 18.8. The molecule has 4 nitrogen and oxygen atoms in total. The number of methoxy groups -OCH3 is 1. The average molecular weight is 439 g/mol. The van der Waals surface area contributed by atoms with Crippen molar-refractivity contribution in [3.63, 3.8) is 0 Å². The van der Waals surface area contributed by atoms with Crippen LogP contribution >= 0.6 is 27.3 Å². The number of nitrogens with zero attached hydrogens (tertiary/aromatic N) is 1. The van der Waals surface area contributed by atoms with E-state index in [-0.39, 0.29) is 5.91 Å². The van der Waals surface area contributed by atoms with Gasteiger partial charge in [0.2, 0.25) is 0 Å². The maximum atomic E-state index is 12.6. The lowest BCUT2D eigenvalue weighted by molar-refractivity contribution is 0.102. The Balaban J connectivity index is 1.68. The van der Waals surface area contributed by atoms with Gasteiger partial charge in [-0.15, -0.1) is 11.3 Å². The molecule has 1 N–H and O–H groups in total. The zero-order valence-electron chi connectivity index (χ0n) is 14.4. The fraction of sp³-hybridized carbons (Fsp3) is 0.0476. The van der Waals surface area contributed by atoms with Crippen LogP contribution in [0.4, 0.5) is 5.69 Å². The van der Waals surface area contributed by atoms with E-state index < -0.39 is 0 Å². The van der Waals surface area contributed by atoms with Gasteiger partial charge < -0.3 is 10.1 Å². The lowest BCUT2D eigenvalue weighted by atomic mass is 10.1. The van der Waals surface area contributed by atoms with Crippen molar-refractivity contribution < 1.29 is 9.53 Å². The zero-order valence-corrected chi connectivity index (χ0v) is 16.8. The standard InChI is InChI=1S/C21H15BrN2O2S/c1-26-18-11-8-14(21-24-16-4-2-3-5-19(16)27-21)12-17(18)23-20(25)13-6-9-15(22)10-7-13/h2-12H,1H3,(H,23,25). The molecule has 0 spiro atoms. The van der Waals surface area contributed by atoms with Gasteiger partial charge in [0.05, 0.1) is 23.0 Å². The molecule has 1 aromatic heterocycles. The van der Waals surface area contributed by atoms with Crippen molar-refractivity contribution in [1.82, 2.24) is 4.98 Å². The van der Waals surface area contributed by atoms with E-state index in [1.54, 1.807) is 30.6 Å². The Bertz CT molecular complexity index is 1090. The number of rotatable bonds is 4. The van der Waals surface area contributed by atoms with Gasteiger partial charge in [-0.2, -0.15) is 0 Å². The second kappa shape index (κ2) is 7.50. The summed E-state index contributed by atoms with van der Waals surface area (Å²) < 4.78 is 7.47. The first kappa shape index (κ1) is 17.7. The van der Waals surface area contributed by atoms with Crippen molar-refractivity contribution >= 4 is 49.1 Å². The topological polar surface area (TPSA) is 51.2 Å². The first-order valence-corrected chi connectivity index (χ1v) is 9.86. The number of para-hydroxylation sites is 1. The lowest BCUT2D eigenvalue weighted by Crippen LogP contribution is -2.12. The normalized spacial score (nSPS) is 10.7. The number of aromatic nitrogens is 1. The van der Waals surface area contributed by atoms with E-state index in [0.717, 1.165) is 25.3 Å². The molecule has 0 bridgehead atoms. The van der Waals surface area contributed by atoms with E-state index in [2.05, 4.69) is 32.3 Å². The van der Waals surface area contributed by atoms with Gasteiger partial charge in [-0.3, -0.25) is 4.79 Å². The van der Waals surface area contributed by atoms with Crippen LogP contribution < -0.4 is 10.1 Å². The number of nitrogens with one attached hydrogen (secondary N) is 1. The summed E-state index contributed by atoms with van der Waals surface area (Å²) in [7, 11) is 1.59. The Kier molecular flexibility index (Phi) is 4.92. The number of benzene rings is 3. The maximum Gasteiger partial charge on any atom is 0.255 e. The van der Waals surface area contributed by atoms with Crippen LogP contribution in [-0.4, -0.2) is 18.0 Å². The average Bonchev–Trinajstić information content (AvgIpc) is 3.12. The lowest BCUT2D eigenvalue weighted by Gasteiger charge is -2.11. The molecule has 0 aliphatic heterocycles. The third-order valence-corrected chi connectivity index (χ3v) is 5.71. The molecule has 0 unspecified atom stereocenters. The molecule has 0 saturated carbocycles. The summed E-state index contributed by atoms with van der Waals surface area (Å²) in [6.45, 7) is 0. The first-order chi connectivity index (χ1) is 13.1. The predicted molar refractivity (Wildman–Crippen MR) is 114 cm³/mol. The Morgan fingerprint density at radius 3 is 2.59 bits per heavy atom. The molecule has 0 atom stereocenters. The third kappa shape index (κ3) is 3.72. The molecule has 0 aliphatic carbocycles. The van der Waals surface area contributed by atoms with Crippen LogP contribution in [0.5, 0.6) is 5.75 Å². The number of halogens is 1. The molecule has 1 heterocycles. The number of hydrogen-bond donors (Lipinski definition) is 1. The van der Waals surface area contributed by atoms with Crippen LogP contribution in [0, 0.1) is 0 Å².